The van der Waals surface area contributed by atoms with Gasteiger partial charge in [0.15, 0.2) is 5.69 Å². The maximum absolute atomic E-state index is 13.6. The Kier molecular flexibility index (Phi) is 7.70. The fourth-order valence-corrected chi connectivity index (χ4v) is 6.10. The predicted molar refractivity (Wildman–Crippen MR) is 154 cm³/mol. The van der Waals surface area contributed by atoms with Gasteiger partial charge in [0.2, 0.25) is 11.9 Å². The number of nitriles is 2. The third-order valence-corrected chi connectivity index (χ3v) is 8.02. The van der Waals surface area contributed by atoms with Crippen LogP contribution >= 0.6 is 22.9 Å². The predicted octanol–water partition coefficient (Wildman–Crippen LogP) is 3.20. The first-order chi connectivity index (χ1) is 19.7. The second-order valence-electron chi connectivity index (χ2n) is 9.27. The van der Waals surface area contributed by atoms with Crippen LogP contribution in [-0.2, 0) is 6.54 Å². The third kappa shape index (κ3) is 5.35. The molecular weight excluding hydrogens is 568 g/mol. The minimum atomic E-state index is -1.22. The molecule has 0 bridgehead atoms. The third-order valence-electron chi connectivity index (χ3n) is 6.71. The van der Waals surface area contributed by atoms with Crippen LogP contribution in [-0.4, -0.2) is 61.8 Å². The number of pyridine rings is 1. The zero-order chi connectivity index (χ0) is 29.3. The van der Waals surface area contributed by atoms with Gasteiger partial charge < -0.3 is 20.2 Å². The van der Waals surface area contributed by atoms with Gasteiger partial charge >= 0.3 is 5.97 Å². The molecule has 15 heteroatoms. The minimum Gasteiger partial charge on any atom is -0.476 e. The molecule has 0 aromatic carbocycles. The summed E-state index contributed by atoms with van der Waals surface area (Å²) in [6, 6.07) is 6.70. The summed E-state index contributed by atoms with van der Waals surface area (Å²) in [6.07, 6.45) is 2.95. The molecule has 41 heavy (non-hydrogen) atoms. The summed E-state index contributed by atoms with van der Waals surface area (Å²) in [5, 5.41) is 31.4. The van der Waals surface area contributed by atoms with Crippen molar-refractivity contribution in [3.05, 3.63) is 61.7 Å². The van der Waals surface area contributed by atoms with Crippen molar-refractivity contribution in [1.29, 1.82) is 10.5 Å². The number of carboxylic acid groups (broad SMARTS) is 1. The topological polar surface area (TPSA) is 177 Å². The molecule has 0 amide bonds. The number of aromatic nitrogens is 5. The zero-order valence-electron chi connectivity index (χ0n) is 22.0. The fraction of sp³-hybridized carbons (Fsp3) is 0.308. The van der Waals surface area contributed by atoms with E-state index in [0.29, 0.717) is 53.9 Å². The van der Waals surface area contributed by atoms with Gasteiger partial charge in [0.05, 0.1) is 41.3 Å². The second-order valence-corrected chi connectivity index (χ2v) is 10.9. The monoisotopic (exact) mass is 590 g/mol. The maximum Gasteiger partial charge on any atom is 0.356 e. The molecule has 1 unspecified atom stereocenters. The first kappa shape index (κ1) is 27.8. The van der Waals surface area contributed by atoms with Gasteiger partial charge in [-0.05, 0) is 26.0 Å². The molecule has 5 heterocycles. The van der Waals surface area contributed by atoms with Crippen LogP contribution in [0.3, 0.4) is 0 Å². The van der Waals surface area contributed by atoms with Crippen LogP contribution in [0, 0.1) is 29.6 Å². The highest BCUT2D eigenvalue weighted by Gasteiger charge is 2.27. The van der Waals surface area contributed by atoms with Gasteiger partial charge in [-0.3, -0.25) is 9.36 Å². The number of anilines is 3. The molecule has 0 radical (unpaired) electrons. The summed E-state index contributed by atoms with van der Waals surface area (Å²) in [7, 11) is 0. The molecular formula is C26H23ClN10O3S. The SMILES string of the molecule is Cc1sc2c(=O)n(CC#N)c(N3CCN(c4ncc(C#N)cn4)CC3)nc2c1C(C)Nc1ccc(Cl)nc1C(=O)O. The van der Waals surface area contributed by atoms with Crippen LogP contribution in [0.2, 0.25) is 5.15 Å². The minimum absolute atomic E-state index is 0.0629. The second kappa shape index (κ2) is 11.4. The number of carboxylic acids is 1. The summed E-state index contributed by atoms with van der Waals surface area (Å²) in [5.74, 6) is -0.330. The summed E-state index contributed by atoms with van der Waals surface area (Å²) >= 11 is 7.20. The number of nitrogens with zero attached hydrogens (tertiary/aromatic N) is 9. The first-order valence-electron chi connectivity index (χ1n) is 12.5. The molecule has 1 fully saturated rings. The lowest BCUT2D eigenvalue weighted by Crippen LogP contribution is -2.49. The van der Waals surface area contributed by atoms with Crippen LogP contribution < -0.4 is 20.7 Å². The summed E-state index contributed by atoms with van der Waals surface area (Å²) in [6.45, 7) is 5.65. The highest BCUT2D eigenvalue weighted by molar-refractivity contribution is 7.19. The standard InChI is InChI=1S/C26H23ClN10O3S/c1-14(32-17-3-4-18(27)33-20(17)24(39)40)19-15(2)41-22-21(19)34-26(37(6-5-28)23(22)38)36-9-7-35(8-10-36)25-30-12-16(11-29)13-31-25/h3-4,12-14,32H,6-10H2,1-2H3,(H,39,40). The van der Waals surface area contributed by atoms with E-state index in [1.165, 1.54) is 34.4 Å². The molecule has 1 atom stereocenters. The van der Waals surface area contributed by atoms with Crippen molar-refractivity contribution in [3.63, 3.8) is 0 Å². The van der Waals surface area contributed by atoms with E-state index in [1.807, 2.05) is 29.7 Å². The maximum atomic E-state index is 13.6. The van der Waals surface area contributed by atoms with E-state index in [1.54, 1.807) is 6.07 Å². The quantitative estimate of drug-likeness (QED) is 0.301. The molecule has 4 aromatic heterocycles. The lowest BCUT2D eigenvalue weighted by molar-refractivity contribution is 0.0691. The smallest absolute Gasteiger partial charge is 0.356 e. The Balaban J connectivity index is 1.49. The number of hydrogen-bond donors (Lipinski definition) is 2. The number of halogens is 1. The van der Waals surface area contributed by atoms with Crippen LogP contribution in [0.15, 0.2) is 29.3 Å². The van der Waals surface area contributed by atoms with E-state index in [9.17, 15) is 20.0 Å². The first-order valence-corrected chi connectivity index (χ1v) is 13.7. The molecule has 1 aliphatic rings. The fourth-order valence-electron chi connectivity index (χ4n) is 4.81. The van der Waals surface area contributed by atoms with Crippen molar-refractivity contribution in [1.82, 2.24) is 24.5 Å². The van der Waals surface area contributed by atoms with Crippen LogP contribution in [0.1, 0.15) is 39.5 Å². The molecule has 2 N–H and O–H groups in total. The van der Waals surface area contributed by atoms with Crippen LogP contribution in [0.5, 0.6) is 0 Å². The van der Waals surface area contributed by atoms with Crippen LogP contribution in [0.4, 0.5) is 17.6 Å². The van der Waals surface area contributed by atoms with Crippen molar-refractivity contribution in [2.24, 2.45) is 0 Å². The Morgan fingerprint density at radius 1 is 1.17 bits per heavy atom. The number of aryl methyl sites for hydroxylation is 1. The molecule has 1 aliphatic heterocycles. The number of piperazine rings is 1. The lowest BCUT2D eigenvalue weighted by atomic mass is 10.1. The Morgan fingerprint density at radius 2 is 1.85 bits per heavy atom. The number of thiophene rings is 1. The van der Waals surface area contributed by atoms with E-state index in [-0.39, 0.29) is 28.6 Å². The molecule has 1 saturated heterocycles. The number of hydrogen-bond acceptors (Lipinski definition) is 12. The van der Waals surface area contributed by atoms with Gasteiger partial charge in [-0.25, -0.2) is 24.7 Å². The number of aromatic carboxylic acids is 1. The highest BCUT2D eigenvalue weighted by atomic mass is 35.5. The van der Waals surface area contributed by atoms with E-state index < -0.39 is 12.0 Å². The molecule has 0 spiro atoms. The number of fused-ring (bicyclic) bond motifs is 1. The van der Waals surface area contributed by atoms with Crippen molar-refractivity contribution < 1.29 is 9.90 Å². The van der Waals surface area contributed by atoms with Gasteiger partial charge in [-0.1, -0.05) is 11.6 Å². The van der Waals surface area contributed by atoms with Gasteiger partial charge in [-0.2, -0.15) is 10.5 Å². The van der Waals surface area contributed by atoms with Gasteiger partial charge in [0, 0.05) is 36.6 Å². The largest absolute Gasteiger partial charge is 0.476 e. The molecule has 4 aromatic rings. The molecule has 0 aliphatic carbocycles. The van der Waals surface area contributed by atoms with Gasteiger partial charge in [-0.15, -0.1) is 11.3 Å². The Bertz CT molecular complexity index is 1780. The lowest BCUT2D eigenvalue weighted by Gasteiger charge is -2.35. The normalized spacial score (nSPS) is 14.0. The van der Waals surface area contributed by atoms with Crippen LogP contribution in [0.25, 0.3) is 10.2 Å². The van der Waals surface area contributed by atoms with E-state index in [0.717, 1.165) is 10.4 Å². The highest BCUT2D eigenvalue weighted by Crippen LogP contribution is 2.35. The number of nitrogens with one attached hydrogen (secondary N) is 1. The van der Waals surface area contributed by atoms with Crippen molar-refractivity contribution in [3.8, 4) is 12.1 Å². The van der Waals surface area contributed by atoms with E-state index >= 15 is 0 Å². The Labute approximate surface area is 242 Å². The van der Waals surface area contributed by atoms with Crippen molar-refractivity contribution in [2.75, 3.05) is 41.3 Å². The summed E-state index contributed by atoms with van der Waals surface area (Å²) < 4.78 is 1.81. The molecule has 0 saturated carbocycles. The Morgan fingerprint density at radius 3 is 2.49 bits per heavy atom. The van der Waals surface area contributed by atoms with Crippen molar-refractivity contribution >= 4 is 56.7 Å². The molecule has 13 nitrogen and oxygen atoms in total. The van der Waals surface area contributed by atoms with E-state index in [4.69, 9.17) is 21.8 Å². The number of carbonyl (C=O) groups is 1. The van der Waals surface area contributed by atoms with E-state index in [2.05, 4.69) is 26.3 Å². The zero-order valence-corrected chi connectivity index (χ0v) is 23.6. The molecule has 5 rings (SSSR count). The average Bonchev–Trinajstić information content (AvgIpc) is 3.31. The summed E-state index contributed by atoms with van der Waals surface area (Å²) in [5.41, 5.74) is 1.39. The number of rotatable bonds is 7. The van der Waals surface area contributed by atoms with Gasteiger partial charge in [0.25, 0.3) is 5.56 Å². The summed E-state index contributed by atoms with van der Waals surface area (Å²) in [4.78, 5) is 47.5. The molecule has 208 valence electrons. The van der Waals surface area contributed by atoms with Gasteiger partial charge in [0.1, 0.15) is 22.5 Å². The average molecular weight is 591 g/mol. The Hall–Kier alpha value is -4.79. The van der Waals surface area contributed by atoms with Crippen molar-refractivity contribution in [2.45, 2.75) is 26.4 Å².